The molecule has 1 N–H and O–H groups in total. The van der Waals surface area contributed by atoms with E-state index in [1.165, 1.54) is 16.9 Å². The highest BCUT2D eigenvalue weighted by Gasteiger charge is 2.40. The van der Waals surface area contributed by atoms with Crippen LogP contribution in [0.2, 0.25) is 0 Å². The lowest BCUT2D eigenvalue weighted by Crippen LogP contribution is -2.33. The molecule has 2 unspecified atom stereocenters. The molecule has 3 aromatic rings. The Morgan fingerprint density at radius 2 is 1.97 bits per heavy atom. The highest BCUT2D eigenvalue weighted by molar-refractivity contribution is 7.80. The molecule has 0 radical (unpaired) electrons. The second-order valence-electron chi connectivity index (χ2n) is 8.12. The summed E-state index contributed by atoms with van der Waals surface area (Å²) in [6.07, 6.45) is 5.04. The molecule has 1 fully saturated rings. The van der Waals surface area contributed by atoms with Gasteiger partial charge in [-0.3, -0.25) is 4.98 Å². The first-order valence-corrected chi connectivity index (χ1v) is 10.8. The number of hydrogen-bond acceptors (Lipinski definition) is 3. The largest absolute Gasteiger partial charge is 0.352 e. The van der Waals surface area contributed by atoms with E-state index in [1.54, 1.807) is 0 Å². The van der Waals surface area contributed by atoms with Crippen LogP contribution in [0, 0.1) is 6.92 Å². The van der Waals surface area contributed by atoms with Crippen molar-refractivity contribution >= 4 is 17.3 Å². The first-order valence-electron chi connectivity index (χ1n) is 10.4. The summed E-state index contributed by atoms with van der Waals surface area (Å²) in [5, 5.41) is 4.35. The first kappa shape index (κ1) is 20.6. The Balaban J connectivity index is 1.74. The van der Waals surface area contributed by atoms with Crippen molar-refractivity contribution in [1.29, 1.82) is 0 Å². The molecule has 1 aliphatic rings. The number of hydrogen-bond donors (Lipinski definition) is 1. The van der Waals surface area contributed by atoms with Crippen molar-refractivity contribution in [2.45, 2.75) is 25.4 Å². The van der Waals surface area contributed by atoms with Gasteiger partial charge in [-0.15, -0.1) is 0 Å². The molecular formula is C24H29N5S. The van der Waals surface area contributed by atoms with E-state index in [-0.39, 0.29) is 12.1 Å². The predicted octanol–water partition coefficient (Wildman–Crippen LogP) is 4.10. The molecule has 0 amide bonds. The van der Waals surface area contributed by atoms with Crippen molar-refractivity contribution in [1.82, 2.24) is 24.7 Å². The highest BCUT2D eigenvalue weighted by Crippen LogP contribution is 2.39. The summed E-state index contributed by atoms with van der Waals surface area (Å²) < 4.78 is 2.28. The zero-order valence-corrected chi connectivity index (χ0v) is 18.6. The Morgan fingerprint density at radius 3 is 2.70 bits per heavy atom. The second kappa shape index (κ2) is 8.98. The van der Waals surface area contributed by atoms with Gasteiger partial charge >= 0.3 is 0 Å². The van der Waals surface area contributed by atoms with Crippen molar-refractivity contribution in [2.24, 2.45) is 0 Å². The van der Waals surface area contributed by atoms with Crippen LogP contribution in [-0.4, -0.2) is 51.6 Å². The lowest BCUT2D eigenvalue weighted by atomic mass is 10.0. The maximum atomic E-state index is 5.79. The molecule has 30 heavy (non-hydrogen) atoms. The number of thiocarbonyl (C=S) groups is 1. The van der Waals surface area contributed by atoms with Crippen LogP contribution in [0.1, 0.15) is 35.5 Å². The minimum atomic E-state index is 0.0107. The van der Waals surface area contributed by atoms with Crippen molar-refractivity contribution < 1.29 is 0 Å². The Bertz CT molecular complexity index is 998. The summed E-state index contributed by atoms with van der Waals surface area (Å²) >= 11 is 5.79. The second-order valence-corrected chi connectivity index (χ2v) is 8.51. The van der Waals surface area contributed by atoms with Crippen LogP contribution in [0.4, 0.5) is 0 Å². The zero-order chi connectivity index (χ0) is 21.1. The smallest absolute Gasteiger partial charge is 0.170 e. The average Bonchev–Trinajstić information content (AvgIpc) is 3.33. The van der Waals surface area contributed by atoms with Gasteiger partial charge in [0.2, 0.25) is 0 Å². The lowest BCUT2D eigenvalue weighted by Gasteiger charge is -2.29. The molecule has 0 saturated carbocycles. The maximum absolute atomic E-state index is 5.79. The molecule has 1 aromatic carbocycles. The molecule has 1 saturated heterocycles. The minimum absolute atomic E-state index is 0.0107. The van der Waals surface area contributed by atoms with Crippen LogP contribution in [0.25, 0.3) is 5.69 Å². The van der Waals surface area contributed by atoms with Crippen molar-refractivity contribution in [2.75, 3.05) is 27.2 Å². The lowest BCUT2D eigenvalue weighted by molar-refractivity contribution is 0.286. The molecule has 0 bridgehead atoms. The standard InChI is InChI=1S/C24H29N5S/c1-18-9-6-10-19(17-18)28-15-7-12-21(28)23-22(20-11-4-5-13-25-20)26-24(30)29(23)16-8-14-27(2)3/h4-7,9-13,15,17,22-23H,8,14,16H2,1-3H3,(H,26,30). The number of rotatable bonds is 7. The van der Waals surface area contributed by atoms with Crippen molar-refractivity contribution in [3.8, 4) is 5.69 Å². The predicted molar refractivity (Wildman–Crippen MR) is 126 cm³/mol. The van der Waals surface area contributed by atoms with E-state index in [9.17, 15) is 0 Å². The zero-order valence-electron chi connectivity index (χ0n) is 17.8. The Morgan fingerprint density at radius 1 is 1.10 bits per heavy atom. The Kier molecular flexibility index (Phi) is 6.16. The fraction of sp³-hybridized carbons (Fsp3) is 0.333. The molecule has 5 nitrogen and oxygen atoms in total. The number of nitrogens with zero attached hydrogens (tertiary/aromatic N) is 4. The number of nitrogens with one attached hydrogen (secondary N) is 1. The Hall–Kier alpha value is -2.70. The molecule has 2 atom stereocenters. The van der Waals surface area contributed by atoms with Crippen LogP contribution in [0.15, 0.2) is 67.0 Å². The van der Waals surface area contributed by atoms with Gasteiger partial charge < -0.3 is 19.7 Å². The number of benzene rings is 1. The average molecular weight is 420 g/mol. The van der Waals surface area contributed by atoms with Crippen LogP contribution in [0.3, 0.4) is 0 Å². The fourth-order valence-electron chi connectivity index (χ4n) is 4.17. The SMILES string of the molecule is Cc1cccc(-n2cccc2C2C(c3ccccn3)NC(=S)N2CCCN(C)C)c1. The summed E-state index contributed by atoms with van der Waals surface area (Å²) in [5.41, 5.74) is 4.64. The molecule has 4 rings (SSSR count). The summed E-state index contributed by atoms with van der Waals surface area (Å²) in [5.74, 6) is 0. The van der Waals surface area contributed by atoms with Gasteiger partial charge in [0.1, 0.15) is 0 Å². The minimum Gasteiger partial charge on any atom is -0.352 e. The summed E-state index contributed by atoms with van der Waals surface area (Å²) in [7, 11) is 4.22. The van der Waals surface area contributed by atoms with Crippen molar-refractivity contribution in [3.63, 3.8) is 0 Å². The molecule has 0 aliphatic carbocycles. The van der Waals surface area contributed by atoms with E-state index in [0.29, 0.717) is 0 Å². The number of pyridine rings is 1. The fourth-order valence-corrected chi connectivity index (χ4v) is 4.51. The molecule has 1 aliphatic heterocycles. The van der Waals surface area contributed by atoms with Crippen LogP contribution in [-0.2, 0) is 0 Å². The van der Waals surface area contributed by atoms with Crippen LogP contribution in [0.5, 0.6) is 0 Å². The summed E-state index contributed by atoms with van der Waals surface area (Å²) in [6, 6.07) is 19.1. The highest BCUT2D eigenvalue weighted by atomic mass is 32.1. The van der Waals surface area contributed by atoms with Gasteiger partial charge in [-0.2, -0.15) is 0 Å². The molecular weight excluding hydrogens is 390 g/mol. The molecule has 156 valence electrons. The van der Waals surface area contributed by atoms with Gasteiger partial charge in [-0.05, 0) is 88.2 Å². The molecule has 3 heterocycles. The third-order valence-corrected chi connectivity index (χ3v) is 5.92. The van der Waals surface area contributed by atoms with E-state index in [2.05, 4.69) is 94.3 Å². The number of aryl methyl sites for hydroxylation is 1. The normalized spacial score (nSPS) is 18.8. The summed E-state index contributed by atoms with van der Waals surface area (Å²) in [4.78, 5) is 9.20. The van der Waals surface area contributed by atoms with Gasteiger partial charge in [0.05, 0.1) is 17.8 Å². The van der Waals surface area contributed by atoms with E-state index < -0.39 is 0 Å². The number of aromatic nitrogens is 2. The first-order chi connectivity index (χ1) is 14.5. The third kappa shape index (κ3) is 4.25. The molecule has 6 heteroatoms. The van der Waals surface area contributed by atoms with Gasteiger partial charge in [-0.25, -0.2) is 0 Å². The van der Waals surface area contributed by atoms with E-state index in [0.717, 1.165) is 30.3 Å². The Labute approximate surface area is 184 Å². The van der Waals surface area contributed by atoms with Gasteiger partial charge in [0.25, 0.3) is 0 Å². The third-order valence-electron chi connectivity index (χ3n) is 5.57. The van der Waals surface area contributed by atoms with Gasteiger partial charge in [0, 0.05) is 30.3 Å². The molecule has 2 aromatic heterocycles. The van der Waals surface area contributed by atoms with Crippen LogP contribution < -0.4 is 5.32 Å². The van der Waals surface area contributed by atoms with Crippen molar-refractivity contribution in [3.05, 3.63) is 83.9 Å². The van der Waals surface area contributed by atoms with E-state index in [4.69, 9.17) is 12.2 Å². The van der Waals surface area contributed by atoms with Gasteiger partial charge in [-0.1, -0.05) is 18.2 Å². The monoisotopic (exact) mass is 419 g/mol. The van der Waals surface area contributed by atoms with Gasteiger partial charge in [0.15, 0.2) is 5.11 Å². The maximum Gasteiger partial charge on any atom is 0.170 e. The topological polar surface area (TPSA) is 36.3 Å². The van der Waals surface area contributed by atoms with E-state index in [1.807, 2.05) is 18.3 Å². The van der Waals surface area contributed by atoms with E-state index >= 15 is 0 Å². The summed E-state index contributed by atoms with van der Waals surface area (Å²) in [6.45, 7) is 4.05. The van der Waals surface area contributed by atoms with Crippen LogP contribution >= 0.6 is 12.2 Å². The molecule has 0 spiro atoms. The quantitative estimate of drug-likeness (QED) is 0.584.